The van der Waals surface area contributed by atoms with Crippen LogP contribution in [0.15, 0.2) is 36.4 Å². The summed E-state index contributed by atoms with van der Waals surface area (Å²) in [7, 11) is 1.73. The first-order valence-corrected chi connectivity index (χ1v) is 10.8. The fraction of sp³-hybridized carbons (Fsp3) is 0.333. The third-order valence-electron chi connectivity index (χ3n) is 5.54. The van der Waals surface area contributed by atoms with Crippen LogP contribution < -0.4 is 10.1 Å². The van der Waals surface area contributed by atoms with Gasteiger partial charge in [0.2, 0.25) is 5.91 Å². The van der Waals surface area contributed by atoms with Crippen LogP contribution in [0.1, 0.15) is 31.4 Å². The average molecular weight is 453 g/mol. The fourth-order valence-corrected chi connectivity index (χ4v) is 4.14. The molecule has 5 rings (SSSR count). The zero-order valence-corrected chi connectivity index (χ0v) is 18.2. The summed E-state index contributed by atoms with van der Waals surface area (Å²) in [5.41, 5.74) is 1.95. The van der Waals surface area contributed by atoms with Crippen molar-refractivity contribution in [2.24, 2.45) is 13.0 Å². The molecule has 1 N–H and O–H groups in total. The second-order valence-electron chi connectivity index (χ2n) is 7.71. The number of nitrogens with one attached hydrogen (secondary N) is 1. The Kier molecular flexibility index (Phi) is 5.44. The zero-order chi connectivity index (χ0) is 22.1. The number of nitrogens with zero attached hydrogens (tertiary/aromatic N) is 7. The van der Waals surface area contributed by atoms with Gasteiger partial charge < -0.3 is 10.1 Å². The standard InChI is InChI=1S/C21H21ClN8O2/c1-29-20(26-27-28-29)30-16-10-5-9-15(22)18(16)25-21(30)32-12-14-8-4-11-17(23-14)24-19(31)13-6-2-3-7-13/h4-5,8-11,13H,2-3,6-7,12H2,1H3,(H,23,24,31). The molecule has 0 bridgehead atoms. The Hall–Kier alpha value is -3.53. The molecule has 164 valence electrons. The van der Waals surface area contributed by atoms with E-state index >= 15 is 0 Å². The number of anilines is 1. The molecule has 0 saturated heterocycles. The Morgan fingerprint density at radius 2 is 2.00 bits per heavy atom. The number of halogens is 1. The van der Waals surface area contributed by atoms with Gasteiger partial charge in [0.15, 0.2) is 0 Å². The minimum Gasteiger partial charge on any atom is -0.458 e. The number of carbonyl (C=O) groups is 1. The number of aromatic nitrogens is 7. The largest absolute Gasteiger partial charge is 0.458 e. The molecule has 1 aromatic carbocycles. The van der Waals surface area contributed by atoms with E-state index in [4.69, 9.17) is 16.3 Å². The van der Waals surface area contributed by atoms with Gasteiger partial charge in [0.05, 0.1) is 16.2 Å². The summed E-state index contributed by atoms with van der Waals surface area (Å²) in [4.78, 5) is 21.5. The lowest BCUT2D eigenvalue weighted by atomic mass is 10.1. The first-order chi connectivity index (χ1) is 15.6. The molecule has 0 radical (unpaired) electrons. The third-order valence-corrected chi connectivity index (χ3v) is 5.84. The maximum absolute atomic E-state index is 12.4. The van der Waals surface area contributed by atoms with Crippen molar-refractivity contribution in [3.63, 3.8) is 0 Å². The monoisotopic (exact) mass is 452 g/mol. The second-order valence-corrected chi connectivity index (χ2v) is 8.12. The Morgan fingerprint density at radius 1 is 1.19 bits per heavy atom. The number of imidazole rings is 1. The van der Waals surface area contributed by atoms with Crippen LogP contribution >= 0.6 is 11.6 Å². The van der Waals surface area contributed by atoms with Crippen LogP contribution in [0.25, 0.3) is 17.0 Å². The topological polar surface area (TPSA) is 113 Å². The number of para-hydroxylation sites is 1. The highest BCUT2D eigenvalue weighted by molar-refractivity contribution is 6.35. The van der Waals surface area contributed by atoms with Crippen molar-refractivity contribution in [2.45, 2.75) is 32.3 Å². The van der Waals surface area contributed by atoms with Gasteiger partial charge in [-0.3, -0.25) is 4.79 Å². The lowest BCUT2D eigenvalue weighted by Gasteiger charge is -2.11. The van der Waals surface area contributed by atoms with Crippen LogP contribution in [0.2, 0.25) is 5.02 Å². The molecule has 1 saturated carbocycles. The summed E-state index contributed by atoms with van der Waals surface area (Å²) in [6.45, 7) is 0.138. The fourth-order valence-electron chi connectivity index (χ4n) is 3.93. The minimum absolute atomic E-state index is 0.0271. The Bertz CT molecular complexity index is 1280. The van der Waals surface area contributed by atoms with Crippen molar-refractivity contribution in [2.75, 3.05) is 5.32 Å². The van der Waals surface area contributed by atoms with Gasteiger partial charge in [-0.2, -0.15) is 4.98 Å². The number of tetrazole rings is 1. The van der Waals surface area contributed by atoms with Gasteiger partial charge in [0.25, 0.3) is 5.95 Å². The highest BCUT2D eigenvalue weighted by Crippen LogP contribution is 2.30. The molecule has 1 fully saturated rings. The Morgan fingerprint density at radius 3 is 2.78 bits per heavy atom. The second kappa shape index (κ2) is 8.54. The SMILES string of the molecule is Cn1nnnc1-n1c(OCc2cccc(NC(=O)C3CCCC3)n2)nc2c(Cl)cccc21. The van der Waals surface area contributed by atoms with Crippen LogP contribution in [-0.4, -0.2) is 40.6 Å². The molecule has 0 spiro atoms. The molecule has 10 nitrogen and oxygen atoms in total. The number of amides is 1. The van der Waals surface area contributed by atoms with E-state index in [0.717, 1.165) is 31.2 Å². The summed E-state index contributed by atoms with van der Waals surface area (Å²) in [5, 5.41) is 15.1. The number of hydrogen-bond donors (Lipinski definition) is 1. The van der Waals surface area contributed by atoms with Crippen LogP contribution in [0.4, 0.5) is 5.82 Å². The van der Waals surface area contributed by atoms with E-state index in [-0.39, 0.29) is 24.4 Å². The summed E-state index contributed by atoms with van der Waals surface area (Å²) in [6.07, 6.45) is 4.07. The highest BCUT2D eigenvalue weighted by Gasteiger charge is 2.23. The smallest absolute Gasteiger partial charge is 0.305 e. The number of carbonyl (C=O) groups excluding carboxylic acids is 1. The zero-order valence-electron chi connectivity index (χ0n) is 17.4. The molecule has 1 amide bonds. The van der Waals surface area contributed by atoms with Crippen molar-refractivity contribution >= 4 is 34.4 Å². The number of ether oxygens (including phenoxy) is 1. The molecular formula is C21H21ClN8O2. The van der Waals surface area contributed by atoms with Gasteiger partial charge in [-0.15, -0.1) is 0 Å². The molecule has 0 unspecified atom stereocenters. The number of hydrogen-bond acceptors (Lipinski definition) is 7. The van der Waals surface area contributed by atoms with Crippen LogP contribution in [0, 0.1) is 5.92 Å². The Balaban J connectivity index is 1.39. The summed E-state index contributed by atoms with van der Waals surface area (Å²) < 4.78 is 9.23. The molecule has 3 heterocycles. The van der Waals surface area contributed by atoms with Crippen molar-refractivity contribution in [1.29, 1.82) is 0 Å². The lowest BCUT2D eigenvalue weighted by Crippen LogP contribution is -2.21. The average Bonchev–Trinajstić information content (AvgIpc) is 3.53. The third kappa shape index (κ3) is 3.89. The maximum Gasteiger partial charge on any atom is 0.305 e. The van der Waals surface area contributed by atoms with E-state index < -0.39 is 0 Å². The summed E-state index contributed by atoms with van der Waals surface area (Å²) in [5.74, 6) is 1.05. The molecule has 0 aliphatic heterocycles. The molecule has 32 heavy (non-hydrogen) atoms. The van der Waals surface area contributed by atoms with Crippen molar-refractivity contribution in [3.8, 4) is 12.0 Å². The van der Waals surface area contributed by atoms with Crippen LogP contribution in [0.3, 0.4) is 0 Å². The number of aryl methyl sites for hydroxylation is 1. The van der Waals surface area contributed by atoms with E-state index in [1.54, 1.807) is 23.7 Å². The summed E-state index contributed by atoms with van der Waals surface area (Å²) >= 11 is 6.34. The highest BCUT2D eigenvalue weighted by atomic mass is 35.5. The first kappa shape index (κ1) is 20.4. The number of benzene rings is 1. The van der Waals surface area contributed by atoms with Gasteiger partial charge in [-0.25, -0.2) is 14.2 Å². The molecule has 1 aliphatic rings. The predicted octanol–water partition coefficient (Wildman–Crippen LogP) is 3.31. The normalized spacial score (nSPS) is 14.2. The molecular weight excluding hydrogens is 432 g/mol. The lowest BCUT2D eigenvalue weighted by molar-refractivity contribution is -0.119. The van der Waals surface area contributed by atoms with E-state index in [0.29, 0.717) is 28.0 Å². The van der Waals surface area contributed by atoms with Gasteiger partial charge in [0.1, 0.15) is 17.9 Å². The van der Waals surface area contributed by atoms with E-state index in [9.17, 15) is 4.79 Å². The first-order valence-electron chi connectivity index (χ1n) is 10.4. The van der Waals surface area contributed by atoms with Crippen molar-refractivity contribution in [3.05, 3.63) is 47.1 Å². The van der Waals surface area contributed by atoms with Crippen LogP contribution in [-0.2, 0) is 18.4 Å². The quantitative estimate of drug-likeness (QED) is 0.477. The van der Waals surface area contributed by atoms with E-state index in [1.807, 2.05) is 24.3 Å². The van der Waals surface area contributed by atoms with Crippen molar-refractivity contribution in [1.82, 2.24) is 34.7 Å². The molecule has 3 aromatic heterocycles. The number of rotatable bonds is 6. The molecule has 11 heteroatoms. The van der Waals surface area contributed by atoms with Crippen molar-refractivity contribution < 1.29 is 9.53 Å². The maximum atomic E-state index is 12.4. The van der Waals surface area contributed by atoms with Gasteiger partial charge in [0, 0.05) is 13.0 Å². The molecule has 0 atom stereocenters. The van der Waals surface area contributed by atoms with Gasteiger partial charge >= 0.3 is 6.01 Å². The van der Waals surface area contributed by atoms with E-state index in [1.165, 1.54) is 4.68 Å². The molecule has 4 aromatic rings. The van der Waals surface area contributed by atoms with Gasteiger partial charge in [-0.05, 0) is 47.5 Å². The summed E-state index contributed by atoms with van der Waals surface area (Å²) in [6, 6.07) is 11.2. The molecule has 1 aliphatic carbocycles. The van der Waals surface area contributed by atoms with Crippen LogP contribution in [0.5, 0.6) is 6.01 Å². The number of pyridine rings is 1. The number of fused-ring (bicyclic) bond motifs is 1. The minimum atomic E-state index is 0.0271. The predicted molar refractivity (Wildman–Crippen MR) is 118 cm³/mol. The van der Waals surface area contributed by atoms with E-state index in [2.05, 4.69) is 30.8 Å². The van der Waals surface area contributed by atoms with Gasteiger partial charge in [-0.1, -0.05) is 41.7 Å². The Labute approximate surface area is 188 Å².